The summed E-state index contributed by atoms with van der Waals surface area (Å²) >= 11 is 0. The zero-order valence-corrected chi connectivity index (χ0v) is 19.1. The Bertz CT molecular complexity index is 1080. The first-order chi connectivity index (χ1) is 16.5. The number of nitrogens with zero attached hydrogens (tertiary/aromatic N) is 1. The van der Waals surface area contributed by atoms with Crippen LogP contribution in [0.1, 0.15) is 40.7 Å². The minimum absolute atomic E-state index is 0.0406. The molecule has 2 bridgehead atoms. The Morgan fingerprint density at radius 2 is 1.85 bits per heavy atom. The van der Waals surface area contributed by atoms with Gasteiger partial charge in [0.05, 0.1) is 24.7 Å². The molecule has 2 atom stereocenters. The summed E-state index contributed by atoms with van der Waals surface area (Å²) in [7, 11) is 0. The summed E-state index contributed by atoms with van der Waals surface area (Å²) in [6.07, 6.45) is 2.85. The molecule has 1 fully saturated rings. The van der Waals surface area contributed by atoms with Gasteiger partial charge in [-0.2, -0.15) is 0 Å². The van der Waals surface area contributed by atoms with Crippen molar-refractivity contribution >= 4 is 11.8 Å². The molecule has 0 saturated carbocycles. The summed E-state index contributed by atoms with van der Waals surface area (Å²) < 4.78 is 25.3. The molecule has 3 heterocycles. The maximum atomic E-state index is 13.9. The van der Waals surface area contributed by atoms with Gasteiger partial charge in [0.2, 0.25) is 5.91 Å². The van der Waals surface area contributed by atoms with Crippen molar-refractivity contribution in [2.45, 2.75) is 38.3 Å². The minimum atomic E-state index is -0.478. The van der Waals surface area contributed by atoms with E-state index in [9.17, 15) is 14.0 Å². The van der Waals surface area contributed by atoms with Gasteiger partial charge in [-0.15, -0.1) is 0 Å². The Kier molecular flexibility index (Phi) is 6.67. The minimum Gasteiger partial charge on any atom is -0.493 e. The van der Waals surface area contributed by atoms with Crippen molar-refractivity contribution in [2.75, 3.05) is 32.8 Å². The van der Waals surface area contributed by atoms with E-state index in [-0.39, 0.29) is 29.3 Å². The van der Waals surface area contributed by atoms with Crippen molar-refractivity contribution in [1.29, 1.82) is 0 Å². The number of hydrogen-bond acceptors (Lipinski definition) is 5. The van der Waals surface area contributed by atoms with Gasteiger partial charge in [-0.3, -0.25) is 14.5 Å². The molecule has 34 heavy (non-hydrogen) atoms. The van der Waals surface area contributed by atoms with Gasteiger partial charge in [0.25, 0.3) is 5.91 Å². The number of halogens is 1. The number of carbonyl (C=O) groups excluding carboxylic acids is 2. The van der Waals surface area contributed by atoms with Crippen LogP contribution in [0.25, 0.3) is 0 Å². The number of fused-ring (bicyclic) bond motifs is 5. The number of hydrogen-bond donors (Lipinski definition) is 2. The van der Waals surface area contributed by atoms with E-state index in [1.54, 1.807) is 0 Å². The van der Waals surface area contributed by atoms with Crippen LogP contribution >= 0.6 is 0 Å². The first kappa shape index (κ1) is 22.7. The number of likely N-dealkylation sites (tertiary alicyclic amines) is 1. The standard InChI is InChI=1S/C26H30FN3O4/c27-20-4-7-24-22(13-20)26(32)29-21-5-3-19(25(31)28-9-1-10-33-24)15-30(16-21)14-17-2-6-23-18(12-17)8-11-34-23/h2,4,6-7,12-13,19,21H,1,3,5,8-11,14-16H2,(H,28,31)(H,29,32)/t19-,21+/m0/s1. The van der Waals surface area contributed by atoms with Gasteiger partial charge in [0.15, 0.2) is 0 Å². The van der Waals surface area contributed by atoms with E-state index in [0.717, 1.165) is 17.7 Å². The lowest BCUT2D eigenvalue weighted by Crippen LogP contribution is -2.43. The van der Waals surface area contributed by atoms with Gasteiger partial charge >= 0.3 is 0 Å². The lowest BCUT2D eigenvalue weighted by atomic mass is 10.0. The van der Waals surface area contributed by atoms with Crippen LogP contribution in [0.15, 0.2) is 36.4 Å². The van der Waals surface area contributed by atoms with Crippen LogP contribution in [0, 0.1) is 11.7 Å². The van der Waals surface area contributed by atoms with Gasteiger partial charge in [-0.25, -0.2) is 4.39 Å². The number of benzene rings is 2. The number of ether oxygens (including phenoxy) is 2. The van der Waals surface area contributed by atoms with Crippen LogP contribution in [0.4, 0.5) is 4.39 Å². The molecule has 1 saturated heterocycles. The Labute approximate surface area is 198 Å². The van der Waals surface area contributed by atoms with Crippen molar-refractivity contribution < 1.29 is 23.5 Å². The predicted molar refractivity (Wildman–Crippen MR) is 124 cm³/mol. The van der Waals surface area contributed by atoms with Crippen LogP contribution in [-0.4, -0.2) is 55.6 Å². The van der Waals surface area contributed by atoms with Gasteiger partial charge < -0.3 is 20.1 Å². The van der Waals surface area contributed by atoms with Crippen LogP contribution in [-0.2, 0) is 17.8 Å². The fourth-order valence-corrected chi connectivity index (χ4v) is 5.02. The largest absolute Gasteiger partial charge is 0.493 e. The Balaban J connectivity index is 1.39. The summed E-state index contributed by atoms with van der Waals surface area (Å²) in [6.45, 7) is 3.44. The number of amides is 2. The van der Waals surface area contributed by atoms with Crippen molar-refractivity contribution in [3.63, 3.8) is 0 Å². The van der Waals surface area contributed by atoms with Gasteiger partial charge in [-0.05, 0) is 54.7 Å². The van der Waals surface area contributed by atoms with E-state index in [0.29, 0.717) is 64.4 Å². The molecule has 2 N–H and O–H groups in total. The predicted octanol–water partition coefficient (Wildman–Crippen LogP) is 2.67. The van der Waals surface area contributed by atoms with Gasteiger partial charge in [0, 0.05) is 38.6 Å². The summed E-state index contributed by atoms with van der Waals surface area (Å²) in [5, 5.41) is 6.12. The van der Waals surface area contributed by atoms with Crippen LogP contribution in [0.2, 0.25) is 0 Å². The molecule has 3 aliphatic heterocycles. The van der Waals surface area contributed by atoms with Crippen molar-refractivity contribution in [1.82, 2.24) is 15.5 Å². The van der Waals surface area contributed by atoms with Crippen LogP contribution in [0.3, 0.4) is 0 Å². The summed E-state index contributed by atoms with van der Waals surface area (Å²) in [6, 6.07) is 10.1. The Hall–Kier alpha value is -3.13. The lowest BCUT2D eigenvalue weighted by Gasteiger charge is -2.26. The smallest absolute Gasteiger partial charge is 0.255 e. The average Bonchev–Trinajstić information content (AvgIpc) is 3.20. The maximum absolute atomic E-state index is 13.9. The summed E-state index contributed by atoms with van der Waals surface area (Å²) in [4.78, 5) is 28.3. The van der Waals surface area contributed by atoms with Crippen LogP contribution < -0.4 is 20.1 Å². The highest BCUT2D eigenvalue weighted by Gasteiger charge is 2.30. The van der Waals surface area contributed by atoms with Gasteiger partial charge in [-0.1, -0.05) is 12.1 Å². The molecule has 0 unspecified atom stereocenters. The van der Waals surface area contributed by atoms with Crippen molar-refractivity contribution in [2.24, 2.45) is 5.92 Å². The Morgan fingerprint density at radius 3 is 2.76 bits per heavy atom. The molecule has 2 aromatic carbocycles. The molecule has 0 aliphatic carbocycles. The summed E-state index contributed by atoms with van der Waals surface area (Å²) in [5.74, 6) is 0.349. The molecule has 0 radical (unpaired) electrons. The number of carbonyl (C=O) groups is 2. The fourth-order valence-electron chi connectivity index (χ4n) is 5.02. The SMILES string of the molecule is O=C1N[C@@H]2CC[C@@H](CN(Cc3ccc4c(c3)CCO4)C2)C(=O)NCCCOc2ccc(F)cc21. The topological polar surface area (TPSA) is 79.9 Å². The highest BCUT2D eigenvalue weighted by molar-refractivity contribution is 5.97. The molecule has 2 aromatic rings. The van der Waals surface area contributed by atoms with Crippen LogP contribution in [0.5, 0.6) is 11.5 Å². The van der Waals surface area contributed by atoms with E-state index in [1.165, 1.54) is 23.8 Å². The molecular formula is C26H30FN3O4. The van der Waals surface area contributed by atoms with E-state index >= 15 is 0 Å². The third-order valence-electron chi connectivity index (χ3n) is 6.75. The second-order valence-corrected chi connectivity index (χ2v) is 9.31. The number of rotatable bonds is 2. The maximum Gasteiger partial charge on any atom is 0.255 e. The van der Waals surface area contributed by atoms with E-state index < -0.39 is 5.82 Å². The summed E-state index contributed by atoms with van der Waals surface area (Å²) in [5.41, 5.74) is 2.57. The third kappa shape index (κ3) is 5.17. The first-order valence-electron chi connectivity index (χ1n) is 12.0. The molecule has 0 spiro atoms. The second kappa shape index (κ2) is 10.0. The lowest BCUT2D eigenvalue weighted by molar-refractivity contribution is -0.125. The molecule has 180 valence electrons. The monoisotopic (exact) mass is 467 g/mol. The molecule has 5 rings (SSSR count). The Morgan fingerprint density at radius 1 is 1.00 bits per heavy atom. The van der Waals surface area contributed by atoms with E-state index in [1.807, 2.05) is 6.07 Å². The van der Waals surface area contributed by atoms with E-state index in [4.69, 9.17) is 9.47 Å². The zero-order chi connectivity index (χ0) is 23.5. The average molecular weight is 468 g/mol. The molecule has 3 aliphatic rings. The van der Waals surface area contributed by atoms with Crippen molar-refractivity contribution in [3.05, 3.63) is 58.9 Å². The zero-order valence-electron chi connectivity index (χ0n) is 19.1. The third-order valence-corrected chi connectivity index (χ3v) is 6.75. The number of nitrogens with one attached hydrogen (secondary N) is 2. The quantitative estimate of drug-likeness (QED) is 0.710. The second-order valence-electron chi connectivity index (χ2n) is 9.31. The van der Waals surface area contributed by atoms with Gasteiger partial charge in [0.1, 0.15) is 17.3 Å². The fraction of sp³-hybridized carbons (Fsp3) is 0.462. The molecule has 2 amide bonds. The van der Waals surface area contributed by atoms with E-state index in [2.05, 4.69) is 27.7 Å². The van der Waals surface area contributed by atoms with Crippen molar-refractivity contribution in [3.8, 4) is 11.5 Å². The molecule has 7 nitrogen and oxygen atoms in total. The first-order valence-corrected chi connectivity index (χ1v) is 12.0. The molecular weight excluding hydrogens is 437 g/mol. The highest BCUT2D eigenvalue weighted by atomic mass is 19.1. The normalized spacial score (nSPS) is 23.4. The highest BCUT2D eigenvalue weighted by Crippen LogP contribution is 2.28. The molecule has 8 heteroatoms. The molecule has 0 aromatic heterocycles.